The van der Waals surface area contributed by atoms with Crippen LogP contribution in [0.4, 0.5) is 27.6 Å². The van der Waals surface area contributed by atoms with E-state index in [9.17, 15) is 22.0 Å². The van der Waals surface area contributed by atoms with E-state index in [1.165, 1.54) is 0 Å². The van der Waals surface area contributed by atoms with Gasteiger partial charge in [-0.15, -0.1) is 0 Å². The molecule has 0 bridgehead atoms. The highest BCUT2D eigenvalue weighted by molar-refractivity contribution is 5.49. The Kier molecular flexibility index (Phi) is 6.79. The summed E-state index contributed by atoms with van der Waals surface area (Å²) in [6.45, 7) is 5.77. The normalized spacial score (nSPS) is 11.1. The molecule has 1 N–H and O–H groups in total. The molecular formula is C13H18F5N. The molecule has 0 aliphatic rings. The summed E-state index contributed by atoms with van der Waals surface area (Å²) in [6.07, 6.45) is -4.45. The maximum absolute atomic E-state index is 13.7. The summed E-state index contributed by atoms with van der Waals surface area (Å²) in [5.41, 5.74) is -0.551. The van der Waals surface area contributed by atoms with Gasteiger partial charge in [0, 0.05) is 5.56 Å². The number of nitrogens with one attached hydrogen (secondary N) is 1. The van der Waals surface area contributed by atoms with Crippen LogP contribution < -0.4 is 5.32 Å². The molecule has 1 rings (SSSR count). The number of hydrogen-bond donors (Lipinski definition) is 1. The standard InChI is InChI=1S/C11H12F5N.C2H6/c1-6(2)9-7(12)3-4-8(10(9)13)17-5-11(14,15)16;1-2/h3-4,6,17H,5H2,1-2H3;1-2H3. The molecule has 0 amide bonds. The SMILES string of the molecule is CC.CC(C)c1c(F)ccc(NCC(F)(F)F)c1F. The van der Waals surface area contributed by atoms with Gasteiger partial charge in [-0.3, -0.25) is 0 Å². The molecule has 0 heterocycles. The quantitative estimate of drug-likeness (QED) is 0.762. The van der Waals surface area contributed by atoms with Gasteiger partial charge in [-0.1, -0.05) is 27.7 Å². The number of alkyl halides is 3. The largest absolute Gasteiger partial charge is 0.405 e. The molecule has 0 unspecified atom stereocenters. The summed E-state index contributed by atoms with van der Waals surface area (Å²) in [6, 6.07) is 1.92. The van der Waals surface area contributed by atoms with Crippen LogP contribution in [0.5, 0.6) is 0 Å². The Labute approximate surface area is 109 Å². The zero-order chi connectivity index (χ0) is 15.2. The minimum Gasteiger partial charge on any atom is -0.374 e. The van der Waals surface area contributed by atoms with Gasteiger partial charge in [-0.05, 0) is 18.1 Å². The van der Waals surface area contributed by atoms with E-state index in [2.05, 4.69) is 0 Å². The summed E-state index contributed by atoms with van der Waals surface area (Å²) in [4.78, 5) is 0. The van der Waals surface area contributed by atoms with Crippen LogP contribution in [0.15, 0.2) is 12.1 Å². The second kappa shape index (κ2) is 7.31. The smallest absolute Gasteiger partial charge is 0.374 e. The molecule has 0 saturated heterocycles. The second-order valence-corrected chi connectivity index (χ2v) is 3.95. The van der Waals surface area contributed by atoms with Gasteiger partial charge >= 0.3 is 6.18 Å². The summed E-state index contributed by atoms with van der Waals surface area (Å²) in [5.74, 6) is -2.16. The van der Waals surface area contributed by atoms with E-state index in [4.69, 9.17) is 0 Å². The lowest BCUT2D eigenvalue weighted by atomic mass is 10.0. The highest BCUT2D eigenvalue weighted by atomic mass is 19.4. The zero-order valence-electron chi connectivity index (χ0n) is 11.3. The zero-order valence-corrected chi connectivity index (χ0v) is 11.3. The van der Waals surface area contributed by atoms with Crippen LogP contribution in [-0.2, 0) is 0 Å². The van der Waals surface area contributed by atoms with Crippen molar-refractivity contribution in [2.45, 2.75) is 39.8 Å². The third-order valence-corrected chi connectivity index (χ3v) is 2.18. The molecule has 1 nitrogen and oxygen atoms in total. The second-order valence-electron chi connectivity index (χ2n) is 3.95. The Morgan fingerprint density at radius 1 is 1.11 bits per heavy atom. The molecule has 0 aromatic heterocycles. The molecule has 19 heavy (non-hydrogen) atoms. The molecular weight excluding hydrogens is 265 g/mol. The van der Waals surface area contributed by atoms with Crippen LogP contribution in [0.25, 0.3) is 0 Å². The van der Waals surface area contributed by atoms with Gasteiger partial charge in [0.2, 0.25) is 0 Å². The van der Waals surface area contributed by atoms with E-state index in [1.807, 2.05) is 19.2 Å². The Morgan fingerprint density at radius 3 is 2.05 bits per heavy atom. The molecule has 0 fully saturated rings. The highest BCUT2D eigenvalue weighted by Crippen LogP contribution is 2.28. The lowest BCUT2D eigenvalue weighted by molar-refractivity contribution is -0.115. The third-order valence-electron chi connectivity index (χ3n) is 2.18. The molecule has 1 aromatic carbocycles. The number of hydrogen-bond acceptors (Lipinski definition) is 1. The Morgan fingerprint density at radius 2 is 1.63 bits per heavy atom. The van der Waals surface area contributed by atoms with Crippen molar-refractivity contribution in [3.05, 3.63) is 29.3 Å². The van der Waals surface area contributed by atoms with Crippen LogP contribution in [0.1, 0.15) is 39.2 Å². The molecule has 0 atom stereocenters. The predicted octanol–water partition coefficient (Wildman–Crippen LogP) is 5.09. The first kappa shape index (κ1) is 17.7. The number of anilines is 1. The van der Waals surface area contributed by atoms with Crippen molar-refractivity contribution in [3.8, 4) is 0 Å². The van der Waals surface area contributed by atoms with Crippen LogP contribution in [-0.4, -0.2) is 12.7 Å². The molecule has 0 radical (unpaired) electrons. The fourth-order valence-corrected chi connectivity index (χ4v) is 1.43. The maximum Gasteiger partial charge on any atom is 0.405 e. The van der Waals surface area contributed by atoms with Crippen molar-refractivity contribution in [3.63, 3.8) is 0 Å². The minimum absolute atomic E-state index is 0.211. The summed E-state index contributed by atoms with van der Waals surface area (Å²) >= 11 is 0. The lowest BCUT2D eigenvalue weighted by Crippen LogP contribution is -2.22. The van der Waals surface area contributed by atoms with Crippen LogP contribution in [0.3, 0.4) is 0 Å². The fraction of sp³-hybridized carbons (Fsp3) is 0.538. The van der Waals surface area contributed by atoms with Crippen molar-refractivity contribution >= 4 is 5.69 Å². The van der Waals surface area contributed by atoms with Gasteiger partial charge in [0.15, 0.2) is 5.82 Å². The van der Waals surface area contributed by atoms with Gasteiger partial charge in [0.25, 0.3) is 0 Å². The third kappa shape index (κ3) is 5.44. The van der Waals surface area contributed by atoms with Crippen molar-refractivity contribution in [1.29, 1.82) is 0 Å². The molecule has 0 saturated carbocycles. The van der Waals surface area contributed by atoms with Crippen LogP contribution in [0.2, 0.25) is 0 Å². The number of benzene rings is 1. The molecule has 110 valence electrons. The maximum atomic E-state index is 13.7. The van der Waals surface area contributed by atoms with Crippen molar-refractivity contribution in [2.75, 3.05) is 11.9 Å². The predicted molar refractivity (Wildman–Crippen MR) is 66.3 cm³/mol. The van der Waals surface area contributed by atoms with Gasteiger partial charge < -0.3 is 5.32 Å². The van der Waals surface area contributed by atoms with E-state index in [1.54, 1.807) is 13.8 Å². The topological polar surface area (TPSA) is 12.0 Å². The first-order valence-electron chi connectivity index (χ1n) is 6.01. The minimum atomic E-state index is -4.45. The Bertz CT molecular complexity index is 399. The molecule has 6 heteroatoms. The average molecular weight is 283 g/mol. The van der Waals surface area contributed by atoms with E-state index in [-0.39, 0.29) is 11.3 Å². The first-order valence-corrected chi connectivity index (χ1v) is 6.01. The van der Waals surface area contributed by atoms with Crippen molar-refractivity contribution < 1.29 is 22.0 Å². The Balaban J connectivity index is 0.00000154. The highest BCUT2D eigenvalue weighted by Gasteiger charge is 2.27. The Hall–Kier alpha value is -1.33. The monoisotopic (exact) mass is 283 g/mol. The number of rotatable bonds is 3. The van der Waals surface area contributed by atoms with E-state index < -0.39 is 30.3 Å². The summed E-state index contributed by atoms with van der Waals surface area (Å²) in [5, 5.41) is 1.91. The fourth-order valence-electron chi connectivity index (χ4n) is 1.43. The van der Waals surface area contributed by atoms with Crippen molar-refractivity contribution in [1.82, 2.24) is 0 Å². The van der Waals surface area contributed by atoms with Gasteiger partial charge in [0.05, 0.1) is 5.69 Å². The van der Waals surface area contributed by atoms with Crippen LogP contribution >= 0.6 is 0 Å². The summed E-state index contributed by atoms with van der Waals surface area (Å²) in [7, 11) is 0. The van der Waals surface area contributed by atoms with E-state index >= 15 is 0 Å². The number of halogens is 5. The summed E-state index contributed by atoms with van der Waals surface area (Å²) < 4.78 is 62.8. The first-order chi connectivity index (χ1) is 8.72. The van der Waals surface area contributed by atoms with Gasteiger partial charge in [-0.2, -0.15) is 13.2 Å². The van der Waals surface area contributed by atoms with Crippen molar-refractivity contribution in [2.24, 2.45) is 0 Å². The van der Waals surface area contributed by atoms with Crippen LogP contribution in [0, 0.1) is 11.6 Å². The lowest BCUT2D eigenvalue weighted by Gasteiger charge is -2.14. The molecule has 0 spiro atoms. The molecule has 1 aromatic rings. The van der Waals surface area contributed by atoms with E-state index in [0.717, 1.165) is 12.1 Å². The molecule has 0 aliphatic carbocycles. The van der Waals surface area contributed by atoms with E-state index in [0.29, 0.717) is 0 Å². The molecule has 0 aliphatic heterocycles. The van der Waals surface area contributed by atoms with Gasteiger partial charge in [0.1, 0.15) is 12.4 Å². The average Bonchev–Trinajstić information content (AvgIpc) is 2.29. The van der Waals surface area contributed by atoms with Gasteiger partial charge in [-0.25, -0.2) is 8.78 Å².